The van der Waals surface area contributed by atoms with Crippen molar-refractivity contribution in [2.24, 2.45) is 11.7 Å². The molecule has 0 aliphatic heterocycles. The van der Waals surface area contributed by atoms with E-state index in [0.717, 1.165) is 18.9 Å². The van der Waals surface area contributed by atoms with Crippen LogP contribution in [0.3, 0.4) is 0 Å². The zero-order valence-electron chi connectivity index (χ0n) is 8.75. The average molecular weight is 231 g/mol. The van der Waals surface area contributed by atoms with Crippen molar-refractivity contribution in [2.45, 2.75) is 32.0 Å². The molecule has 0 spiro atoms. The molecule has 88 valence electrons. The van der Waals surface area contributed by atoms with Crippen LogP contribution in [0.15, 0.2) is 6.07 Å². The molecule has 0 bridgehead atoms. The van der Waals surface area contributed by atoms with E-state index in [2.05, 4.69) is 9.97 Å². The van der Waals surface area contributed by atoms with Gasteiger partial charge in [-0.1, -0.05) is 0 Å². The predicted octanol–water partition coefficient (Wildman–Crippen LogP) is 2.21. The van der Waals surface area contributed by atoms with Crippen molar-refractivity contribution in [3.8, 4) is 0 Å². The first kappa shape index (κ1) is 11.3. The third-order valence-corrected chi connectivity index (χ3v) is 2.59. The highest BCUT2D eigenvalue weighted by atomic mass is 19.4. The molecule has 2 rings (SSSR count). The number of rotatable bonds is 2. The first-order chi connectivity index (χ1) is 7.38. The third-order valence-electron chi connectivity index (χ3n) is 2.59. The van der Waals surface area contributed by atoms with Crippen LogP contribution in [0.2, 0.25) is 0 Å². The highest BCUT2D eigenvalue weighted by Crippen LogP contribution is 2.39. The molecule has 1 aromatic rings. The fourth-order valence-corrected chi connectivity index (χ4v) is 1.55. The van der Waals surface area contributed by atoms with Gasteiger partial charge in [0.15, 0.2) is 0 Å². The van der Waals surface area contributed by atoms with Gasteiger partial charge in [-0.15, -0.1) is 0 Å². The van der Waals surface area contributed by atoms with Crippen LogP contribution in [0.25, 0.3) is 0 Å². The molecule has 2 N–H and O–H groups in total. The quantitative estimate of drug-likeness (QED) is 0.849. The van der Waals surface area contributed by atoms with Crippen molar-refractivity contribution in [1.29, 1.82) is 0 Å². The van der Waals surface area contributed by atoms with Crippen LogP contribution in [0.1, 0.15) is 36.1 Å². The van der Waals surface area contributed by atoms with Crippen LogP contribution >= 0.6 is 0 Å². The number of nitrogens with two attached hydrogens (primary N) is 1. The minimum atomic E-state index is -4.44. The molecule has 1 aromatic heterocycles. The summed E-state index contributed by atoms with van der Waals surface area (Å²) in [5.41, 5.74) is 5.18. The molecule has 1 aliphatic rings. The minimum absolute atomic E-state index is 0.106. The lowest BCUT2D eigenvalue weighted by Gasteiger charge is -2.12. The molecule has 1 fully saturated rings. The molecular weight excluding hydrogens is 219 g/mol. The van der Waals surface area contributed by atoms with E-state index < -0.39 is 17.9 Å². The molecule has 1 aliphatic carbocycles. The monoisotopic (exact) mass is 231 g/mol. The zero-order valence-corrected chi connectivity index (χ0v) is 8.75. The van der Waals surface area contributed by atoms with Crippen molar-refractivity contribution < 1.29 is 13.2 Å². The fourth-order valence-electron chi connectivity index (χ4n) is 1.55. The van der Waals surface area contributed by atoms with Gasteiger partial charge in [0.2, 0.25) is 0 Å². The van der Waals surface area contributed by atoms with Gasteiger partial charge in [0.25, 0.3) is 0 Å². The summed E-state index contributed by atoms with van der Waals surface area (Å²) in [6.07, 6.45) is -2.55. The number of alkyl halides is 3. The Kier molecular flexibility index (Phi) is 2.61. The molecule has 0 aromatic carbocycles. The van der Waals surface area contributed by atoms with Gasteiger partial charge in [0, 0.05) is 5.69 Å². The highest BCUT2D eigenvalue weighted by molar-refractivity contribution is 5.15. The molecule has 1 heterocycles. The number of hydrogen-bond acceptors (Lipinski definition) is 3. The minimum Gasteiger partial charge on any atom is -0.321 e. The molecule has 3 nitrogen and oxygen atoms in total. The molecule has 1 atom stereocenters. The van der Waals surface area contributed by atoms with Gasteiger partial charge in [0.1, 0.15) is 11.5 Å². The molecular formula is C10H12F3N3. The number of aromatic nitrogens is 2. The zero-order chi connectivity index (χ0) is 11.9. The summed E-state index contributed by atoms with van der Waals surface area (Å²) in [7, 11) is 0. The topological polar surface area (TPSA) is 51.8 Å². The van der Waals surface area contributed by atoms with Crippen LogP contribution in [0.4, 0.5) is 13.2 Å². The van der Waals surface area contributed by atoms with Gasteiger partial charge in [-0.2, -0.15) is 13.2 Å². The number of hydrogen-bond donors (Lipinski definition) is 1. The summed E-state index contributed by atoms with van der Waals surface area (Å²) >= 11 is 0. The summed E-state index contributed by atoms with van der Waals surface area (Å²) in [5, 5.41) is 0. The third kappa shape index (κ3) is 2.32. The first-order valence-electron chi connectivity index (χ1n) is 5.06. The van der Waals surface area contributed by atoms with Crippen molar-refractivity contribution >= 4 is 0 Å². The summed E-state index contributed by atoms with van der Waals surface area (Å²) in [6.45, 7) is 1.51. The molecule has 0 radical (unpaired) electrons. The molecule has 6 heteroatoms. The Hall–Kier alpha value is -1.17. The van der Waals surface area contributed by atoms with Crippen LogP contribution in [0, 0.1) is 12.8 Å². The largest absolute Gasteiger partial charge is 0.433 e. The molecule has 1 unspecified atom stereocenters. The van der Waals surface area contributed by atoms with E-state index in [1.165, 1.54) is 6.92 Å². The van der Waals surface area contributed by atoms with E-state index >= 15 is 0 Å². The Balaban J connectivity index is 2.35. The maximum absolute atomic E-state index is 12.5. The summed E-state index contributed by atoms with van der Waals surface area (Å²) in [6, 6.07) is 0.462. The van der Waals surface area contributed by atoms with E-state index in [1.807, 2.05) is 0 Å². The Morgan fingerprint density at radius 1 is 1.38 bits per heavy atom. The first-order valence-corrected chi connectivity index (χ1v) is 5.06. The SMILES string of the molecule is Cc1cc(C(F)(F)F)nc(C(N)C2CC2)n1. The van der Waals surface area contributed by atoms with Gasteiger partial charge in [0.05, 0.1) is 6.04 Å². The maximum atomic E-state index is 12.5. The molecule has 0 saturated heterocycles. The Labute approximate surface area is 90.9 Å². The van der Waals surface area contributed by atoms with Crippen molar-refractivity contribution in [3.63, 3.8) is 0 Å². The number of nitrogens with zero attached hydrogens (tertiary/aromatic N) is 2. The van der Waals surface area contributed by atoms with Crippen LogP contribution < -0.4 is 5.73 Å². The van der Waals surface area contributed by atoms with Crippen LogP contribution in [-0.2, 0) is 6.18 Å². The van der Waals surface area contributed by atoms with E-state index in [9.17, 15) is 13.2 Å². The normalized spacial score (nSPS) is 18.6. The lowest BCUT2D eigenvalue weighted by molar-refractivity contribution is -0.141. The number of aryl methyl sites for hydroxylation is 1. The number of halogens is 3. The van der Waals surface area contributed by atoms with E-state index in [-0.39, 0.29) is 11.7 Å². The highest BCUT2D eigenvalue weighted by Gasteiger charge is 2.36. The Morgan fingerprint density at radius 3 is 2.50 bits per heavy atom. The predicted molar refractivity (Wildman–Crippen MR) is 51.4 cm³/mol. The van der Waals surface area contributed by atoms with E-state index in [4.69, 9.17) is 5.73 Å². The van der Waals surface area contributed by atoms with Gasteiger partial charge < -0.3 is 5.73 Å². The van der Waals surface area contributed by atoms with Crippen molar-refractivity contribution in [2.75, 3.05) is 0 Å². The summed E-state index contributed by atoms with van der Waals surface area (Å²) in [5.74, 6) is 0.345. The van der Waals surface area contributed by atoms with Gasteiger partial charge in [-0.05, 0) is 31.7 Å². The molecule has 16 heavy (non-hydrogen) atoms. The van der Waals surface area contributed by atoms with Gasteiger partial charge in [-0.3, -0.25) is 0 Å². The second-order valence-corrected chi connectivity index (χ2v) is 4.11. The Morgan fingerprint density at radius 2 is 2.00 bits per heavy atom. The second kappa shape index (κ2) is 3.69. The second-order valence-electron chi connectivity index (χ2n) is 4.11. The standard InChI is InChI=1S/C10H12F3N3/c1-5-4-7(10(11,12)13)16-9(15-5)8(14)6-2-3-6/h4,6,8H,2-3,14H2,1H3. The maximum Gasteiger partial charge on any atom is 0.433 e. The van der Waals surface area contributed by atoms with Gasteiger partial charge >= 0.3 is 6.18 Å². The van der Waals surface area contributed by atoms with Crippen molar-refractivity contribution in [1.82, 2.24) is 9.97 Å². The fraction of sp³-hybridized carbons (Fsp3) is 0.600. The van der Waals surface area contributed by atoms with Crippen LogP contribution in [0.5, 0.6) is 0 Å². The van der Waals surface area contributed by atoms with Crippen molar-refractivity contribution in [3.05, 3.63) is 23.3 Å². The van der Waals surface area contributed by atoms with Crippen LogP contribution in [-0.4, -0.2) is 9.97 Å². The lowest BCUT2D eigenvalue weighted by Crippen LogP contribution is -2.19. The average Bonchev–Trinajstić information content (AvgIpc) is 2.97. The summed E-state index contributed by atoms with van der Waals surface area (Å²) < 4.78 is 37.5. The smallest absolute Gasteiger partial charge is 0.321 e. The molecule has 1 saturated carbocycles. The summed E-state index contributed by atoms with van der Waals surface area (Å²) in [4.78, 5) is 7.48. The lowest BCUT2D eigenvalue weighted by atomic mass is 10.2. The molecule has 0 amide bonds. The van der Waals surface area contributed by atoms with E-state index in [0.29, 0.717) is 5.69 Å². The van der Waals surface area contributed by atoms with E-state index in [1.54, 1.807) is 0 Å². The Bertz CT molecular complexity index is 399. The van der Waals surface area contributed by atoms with Gasteiger partial charge in [-0.25, -0.2) is 9.97 Å².